The van der Waals surface area contributed by atoms with E-state index in [4.69, 9.17) is 9.47 Å². The second-order valence-corrected chi connectivity index (χ2v) is 14.4. The van der Waals surface area contributed by atoms with Gasteiger partial charge in [0.1, 0.15) is 0 Å². The predicted molar refractivity (Wildman–Crippen MR) is 173 cm³/mol. The van der Waals surface area contributed by atoms with Crippen molar-refractivity contribution in [1.82, 2.24) is 10.2 Å². The first kappa shape index (κ1) is 30.8. The summed E-state index contributed by atoms with van der Waals surface area (Å²) < 4.78 is 13.5. The van der Waals surface area contributed by atoms with Crippen LogP contribution in [0.4, 0.5) is 10.5 Å². The number of aliphatic hydroxyl groups excluding tert-OH is 1. The molecule has 7 heteroatoms. The molecule has 7 nitrogen and oxygen atoms in total. The van der Waals surface area contributed by atoms with E-state index in [9.17, 15) is 9.90 Å². The van der Waals surface area contributed by atoms with Gasteiger partial charge in [-0.25, -0.2) is 4.79 Å². The highest BCUT2D eigenvalue weighted by Gasteiger charge is 2.51. The summed E-state index contributed by atoms with van der Waals surface area (Å²) in [5.41, 5.74) is 5.26. The van der Waals surface area contributed by atoms with Crippen molar-refractivity contribution in [2.75, 3.05) is 18.4 Å². The molecule has 1 saturated carbocycles. The first-order valence-corrected chi connectivity index (χ1v) is 16.0. The first-order chi connectivity index (χ1) is 21.1. The summed E-state index contributed by atoms with van der Waals surface area (Å²) in [6.45, 7) is 12.0. The molecule has 0 aromatic heterocycles. The van der Waals surface area contributed by atoms with Crippen molar-refractivity contribution in [3.05, 3.63) is 101 Å². The number of likely N-dealkylation sites (tertiary alicyclic amines) is 1. The van der Waals surface area contributed by atoms with Crippen LogP contribution in [-0.4, -0.2) is 41.3 Å². The monoisotopic (exact) mass is 597 g/mol. The lowest BCUT2D eigenvalue weighted by atomic mass is 9.65. The van der Waals surface area contributed by atoms with Gasteiger partial charge in [0.25, 0.3) is 0 Å². The zero-order chi connectivity index (χ0) is 30.9. The lowest BCUT2D eigenvalue weighted by Gasteiger charge is -2.43. The van der Waals surface area contributed by atoms with Crippen LogP contribution in [0.2, 0.25) is 0 Å². The molecule has 2 unspecified atom stereocenters. The van der Waals surface area contributed by atoms with E-state index >= 15 is 0 Å². The summed E-state index contributed by atoms with van der Waals surface area (Å²) in [6, 6.07) is 26.0. The molecule has 2 heterocycles. The highest BCUT2D eigenvalue weighted by atomic mass is 16.7. The van der Waals surface area contributed by atoms with Gasteiger partial charge >= 0.3 is 6.03 Å². The minimum Gasteiger partial charge on any atom is -0.392 e. The van der Waals surface area contributed by atoms with Crippen molar-refractivity contribution in [3.63, 3.8) is 0 Å². The largest absolute Gasteiger partial charge is 0.392 e. The quantitative estimate of drug-likeness (QED) is 0.256. The third kappa shape index (κ3) is 7.02. The minimum atomic E-state index is -0.582. The van der Waals surface area contributed by atoms with E-state index in [2.05, 4.69) is 55.4 Å². The SMILES string of the molecule is C[C@@H]1[C@H](CN2CC3(C)CC2CC(C)(C)C3)O[C@H](c2cccc(NC(=O)NCc3ccccc3)c2)O[C@@H]1c1ccc(CO)cc1. The molecule has 2 amide bonds. The van der Waals surface area contributed by atoms with Crippen molar-refractivity contribution < 1.29 is 19.4 Å². The van der Waals surface area contributed by atoms with Gasteiger partial charge < -0.3 is 25.2 Å². The fraction of sp³-hybridized carbons (Fsp3) is 0.486. The van der Waals surface area contributed by atoms with E-state index in [1.807, 2.05) is 66.7 Å². The number of anilines is 1. The van der Waals surface area contributed by atoms with Gasteiger partial charge in [0, 0.05) is 42.8 Å². The molecule has 6 atom stereocenters. The summed E-state index contributed by atoms with van der Waals surface area (Å²) in [6.07, 6.45) is 2.94. The van der Waals surface area contributed by atoms with Crippen LogP contribution in [-0.2, 0) is 22.6 Å². The molecule has 3 aliphatic rings. The molecule has 1 aliphatic carbocycles. The molecule has 3 aromatic rings. The fourth-order valence-electron chi connectivity index (χ4n) is 8.07. The van der Waals surface area contributed by atoms with Crippen LogP contribution in [0, 0.1) is 16.7 Å². The number of nitrogens with zero attached hydrogens (tertiary/aromatic N) is 1. The van der Waals surface area contributed by atoms with Gasteiger partial charge in [-0.2, -0.15) is 0 Å². The number of benzene rings is 3. The number of carbonyl (C=O) groups is 1. The molecule has 234 valence electrons. The number of aliphatic hydroxyl groups is 1. The Kier molecular flexibility index (Phi) is 8.84. The Balaban J connectivity index is 1.20. The summed E-state index contributed by atoms with van der Waals surface area (Å²) in [5.74, 6) is 0.123. The average Bonchev–Trinajstić information content (AvgIpc) is 3.24. The Bertz CT molecular complexity index is 1430. The molecular formula is C37H47N3O4. The Morgan fingerprint density at radius 2 is 1.70 bits per heavy atom. The van der Waals surface area contributed by atoms with Gasteiger partial charge in [-0.05, 0) is 58.9 Å². The van der Waals surface area contributed by atoms with Crippen molar-refractivity contribution in [2.24, 2.45) is 16.7 Å². The van der Waals surface area contributed by atoms with Gasteiger partial charge in [0.05, 0.1) is 18.8 Å². The van der Waals surface area contributed by atoms with Crippen LogP contribution >= 0.6 is 0 Å². The molecule has 3 aromatic carbocycles. The Hall–Kier alpha value is -3.23. The van der Waals surface area contributed by atoms with Crippen LogP contribution in [0.1, 0.15) is 81.6 Å². The molecule has 2 aliphatic heterocycles. The second kappa shape index (κ2) is 12.6. The highest BCUT2D eigenvalue weighted by molar-refractivity contribution is 5.89. The van der Waals surface area contributed by atoms with E-state index in [0.717, 1.165) is 35.3 Å². The smallest absolute Gasteiger partial charge is 0.319 e. The van der Waals surface area contributed by atoms with Crippen LogP contribution in [0.3, 0.4) is 0 Å². The van der Waals surface area contributed by atoms with Gasteiger partial charge in [0.2, 0.25) is 0 Å². The standard InChI is InChI=1S/C37H47N3O4/c1-25-32(21-40-24-37(4)19-31(40)18-36(2,3)23-37)43-34(44-33(25)28-15-13-27(22-41)14-16-28)29-11-8-12-30(17-29)39-35(42)38-20-26-9-6-5-7-10-26/h5-17,25,31-34,41H,18-24H2,1-4H3,(H2,38,39,42)/t25-,31?,32+,33+,34+,37?/m1/s1. The maximum Gasteiger partial charge on any atom is 0.319 e. The van der Waals surface area contributed by atoms with E-state index in [1.54, 1.807) is 0 Å². The number of rotatable bonds is 8. The van der Waals surface area contributed by atoms with Gasteiger partial charge in [-0.1, -0.05) is 94.4 Å². The summed E-state index contributed by atoms with van der Waals surface area (Å²) >= 11 is 0. The van der Waals surface area contributed by atoms with Gasteiger partial charge in [-0.15, -0.1) is 0 Å². The van der Waals surface area contributed by atoms with Crippen LogP contribution in [0.5, 0.6) is 0 Å². The minimum absolute atomic E-state index is 0.0138. The first-order valence-electron chi connectivity index (χ1n) is 16.0. The Labute approximate surface area is 262 Å². The molecule has 0 radical (unpaired) electrons. The topological polar surface area (TPSA) is 83.1 Å². The lowest BCUT2D eigenvalue weighted by Crippen LogP contribution is -2.46. The van der Waals surface area contributed by atoms with E-state index in [1.165, 1.54) is 19.3 Å². The molecule has 3 N–H and O–H groups in total. The van der Waals surface area contributed by atoms with E-state index in [-0.39, 0.29) is 30.8 Å². The predicted octanol–water partition coefficient (Wildman–Crippen LogP) is 7.19. The summed E-state index contributed by atoms with van der Waals surface area (Å²) in [7, 11) is 0. The third-order valence-corrected chi connectivity index (χ3v) is 9.77. The summed E-state index contributed by atoms with van der Waals surface area (Å²) in [4.78, 5) is 15.4. The second-order valence-electron chi connectivity index (χ2n) is 14.4. The third-order valence-electron chi connectivity index (χ3n) is 9.77. The molecule has 44 heavy (non-hydrogen) atoms. The van der Waals surface area contributed by atoms with E-state index in [0.29, 0.717) is 29.1 Å². The van der Waals surface area contributed by atoms with Gasteiger partial charge in [-0.3, -0.25) is 4.90 Å². The van der Waals surface area contributed by atoms with Crippen LogP contribution in [0.15, 0.2) is 78.9 Å². The lowest BCUT2D eigenvalue weighted by molar-refractivity contribution is -0.276. The zero-order valence-corrected chi connectivity index (χ0v) is 26.5. The zero-order valence-electron chi connectivity index (χ0n) is 26.5. The number of fused-ring (bicyclic) bond motifs is 2. The number of amides is 2. The molecule has 6 rings (SSSR count). The molecule has 3 fully saturated rings. The van der Waals surface area contributed by atoms with Crippen molar-refractivity contribution >= 4 is 11.7 Å². The molecule has 0 spiro atoms. The number of ether oxygens (including phenoxy) is 2. The Morgan fingerprint density at radius 3 is 2.45 bits per heavy atom. The van der Waals surface area contributed by atoms with E-state index < -0.39 is 6.29 Å². The normalized spacial score (nSPS) is 29.7. The van der Waals surface area contributed by atoms with Crippen LogP contribution in [0.25, 0.3) is 0 Å². The number of hydrogen-bond acceptors (Lipinski definition) is 5. The number of urea groups is 1. The molecule has 2 bridgehead atoms. The Morgan fingerprint density at radius 1 is 0.932 bits per heavy atom. The summed E-state index contributed by atoms with van der Waals surface area (Å²) in [5, 5.41) is 15.5. The fourth-order valence-corrected chi connectivity index (χ4v) is 8.07. The highest BCUT2D eigenvalue weighted by Crippen LogP contribution is 2.53. The van der Waals surface area contributed by atoms with Crippen molar-refractivity contribution in [3.8, 4) is 0 Å². The average molecular weight is 598 g/mol. The number of carbonyl (C=O) groups excluding carboxylic acids is 1. The maximum absolute atomic E-state index is 12.7. The van der Waals surface area contributed by atoms with Crippen LogP contribution < -0.4 is 10.6 Å². The van der Waals surface area contributed by atoms with Crippen molar-refractivity contribution in [1.29, 1.82) is 0 Å². The number of hydrogen-bond donors (Lipinski definition) is 3. The van der Waals surface area contributed by atoms with Gasteiger partial charge in [0.15, 0.2) is 6.29 Å². The molecular weight excluding hydrogens is 550 g/mol. The number of nitrogens with one attached hydrogen (secondary N) is 2. The molecule has 2 saturated heterocycles. The van der Waals surface area contributed by atoms with Crippen molar-refractivity contribution in [2.45, 2.75) is 84.6 Å². The maximum atomic E-state index is 12.7.